The standard InChI is InChI=1S/C15H23FN2O/c1-11-8-13(9-12(2)15(11)19-3)14(10-16)18-6-4-17-5-7-18/h8-9,14,17H,4-7,10H2,1-3H3/t14-/m1/s1. The Morgan fingerprint density at radius 1 is 1.26 bits per heavy atom. The van der Waals surface area contributed by atoms with Gasteiger partial charge in [0.05, 0.1) is 13.2 Å². The molecule has 1 N–H and O–H groups in total. The number of hydrogen-bond acceptors (Lipinski definition) is 3. The lowest BCUT2D eigenvalue weighted by molar-refractivity contribution is 0.147. The van der Waals surface area contributed by atoms with Crippen molar-refractivity contribution in [2.75, 3.05) is 40.0 Å². The van der Waals surface area contributed by atoms with Crippen molar-refractivity contribution in [3.8, 4) is 5.75 Å². The third kappa shape index (κ3) is 3.07. The first kappa shape index (κ1) is 14.3. The van der Waals surface area contributed by atoms with E-state index in [0.29, 0.717) is 0 Å². The summed E-state index contributed by atoms with van der Waals surface area (Å²) in [6, 6.07) is 3.97. The summed E-state index contributed by atoms with van der Waals surface area (Å²) in [5.74, 6) is 0.904. The number of alkyl halides is 1. The van der Waals surface area contributed by atoms with Gasteiger partial charge >= 0.3 is 0 Å². The normalized spacial score (nSPS) is 18.3. The third-order valence-corrected chi connectivity index (χ3v) is 3.81. The second-order valence-corrected chi connectivity index (χ2v) is 5.14. The zero-order valence-corrected chi connectivity index (χ0v) is 12.0. The molecule has 1 aliphatic rings. The van der Waals surface area contributed by atoms with Gasteiger partial charge in [-0.2, -0.15) is 0 Å². The van der Waals surface area contributed by atoms with Crippen LogP contribution in [0.15, 0.2) is 12.1 Å². The van der Waals surface area contributed by atoms with E-state index >= 15 is 0 Å². The van der Waals surface area contributed by atoms with Gasteiger partial charge < -0.3 is 10.1 Å². The Morgan fingerprint density at radius 3 is 2.32 bits per heavy atom. The van der Waals surface area contributed by atoms with Crippen molar-refractivity contribution in [3.05, 3.63) is 28.8 Å². The lowest BCUT2D eigenvalue weighted by atomic mass is 9.99. The van der Waals surface area contributed by atoms with Crippen molar-refractivity contribution in [1.29, 1.82) is 0 Å². The molecule has 1 aliphatic heterocycles. The van der Waals surface area contributed by atoms with Crippen LogP contribution >= 0.6 is 0 Å². The number of halogens is 1. The summed E-state index contributed by atoms with van der Waals surface area (Å²) in [5, 5.41) is 3.30. The van der Waals surface area contributed by atoms with E-state index in [1.54, 1.807) is 7.11 Å². The minimum Gasteiger partial charge on any atom is -0.496 e. The van der Waals surface area contributed by atoms with E-state index in [-0.39, 0.29) is 12.7 Å². The van der Waals surface area contributed by atoms with Crippen LogP contribution in [0.2, 0.25) is 0 Å². The second-order valence-electron chi connectivity index (χ2n) is 5.14. The smallest absolute Gasteiger partial charge is 0.124 e. The number of ether oxygens (including phenoxy) is 1. The quantitative estimate of drug-likeness (QED) is 0.904. The van der Waals surface area contributed by atoms with Gasteiger partial charge in [0.25, 0.3) is 0 Å². The van der Waals surface area contributed by atoms with Crippen molar-refractivity contribution in [2.45, 2.75) is 19.9 Å². The van der Waals surface area contributed by atoms with Crippen molar-refractivity contribution in [1.82, 2.24) is 10.2 Å². The number of nitrogens with one attached hydrogen (secondary N) is 1. The average molecular weight is 266 g/mol. The number of nitrogens with zero attached hydrogens (tertiary/aromatic N) is 1. The molecule has 19 heavy (non-hydrogen) atoms. The summed E-state index contributed by atoms with van der Waals surface area (Å²) in [5.41, 5.74) is 3.21. The van der Waals surface area contributed by atoms with Gasteiger partial charge in [-0.05, 0) is 30.5 Å². The highest BCUT2D eigenvalue weighted by atomic mass is 19.1. The molecular formula is C15H23FN2O. The molecule has 0 aromatic heterocycles. The van der Waals surface area contributed by atoms with Crippen LogP contribution < -0.4 is 10.1 Å². The van der Waals surface area contributed by atoms with E-state index in [9.17, 15) is 4.39 Å². The van der Waals surface area contributed by atoms with Crippen molar-refractivity contribution >= 4 is 0 Å². The van der Waals surface area contributed by atoms with Crippen LogP contribution in [0.4, 0.5) is 4.39 Å². The summed E-state index contributed by atoms with van der Waals surface area (Å²) >= 11 is 0. The van der Waals surface area contributed by atoms with Crippen LogP contribution in [-0.2, 0) is 0 Å². The molecular weight excluding hydrogens is 243 g/mol. The fourth-order valence-corrected chi connectivity index (χ4v) is 2.89. The van der Waals surface area contributed by atoms with Crippen LogP contribution in [-0.4, -0.2) is 44.9 Å². The van der Waals surface area contributed by atoms with Gasteiger partial charge in [0, 0.05) is 26.2 Å². The minimum absolute atomic E-state index is 0.134. The van der Waals surface area contributed by atoms with Crippen LogP contribution in [0.25, 0.3) is 0 Å². The predicted octanol–water partition coefficient (Wildman–Crippen LogP) is 2.23. The molecule has 4 heteroatoms. The lowest BCUT2D eigenvalue weighted by Gasteiger charge is -2.34. The van der Waals surface area contributed by atoms with E-state index in [4.69, 9.17) is 4.74 Å². The van der Waals surface area contributed by atoms with Crippen molar-refractivity contribution < 1.29 is 9.13 Å². The topological polar surface area (TPSA) is 24.5 Å². The SMILES string of the molecule is COc1c(C)cc([C@@H](CF)N2CCNCC2)cc1C. The molecule has 0 bridgehead atoms. The van der Waals surface area contributed by atoms with E-state index in [2.05, 4.69) is 22.3 Å². The van der Waals surface area contributed by atoms with Crippen LogP contribution in [0, 0.1) is 13.8 Å². The first-order chi connectivity index (χ1) is 9.17. The number of piperazine rings is 1. The highest BCUT2D eigenvalue weighted by Crippen LogP contribution is 2.30. The molecule has 1 fully saturated rings. The molecule has 1 saturated heterocycles. The lowest BCUT2D eigenvalue weighted by Crippen LogP contribution is -2.45. The van der Waals surface area contributed by atoms with Gasteiger partial charge in [0.15, 0.2) is 0 Å². The van der Waals surface area contributed by atoms with Crippen molar-refractivity contribution in [3.63, 3.8) is 0 Å². The van der Waals surface area contributed by atoms with Gasteiger partial charge in [-0.15, -0.1) is 0 Å². The number of benzene rings is 1. The van der Waals surface area contributed by atoms with Crippen LogP contribution in [0.3, 0.4) is 0 Å². The van der Waals surface area contributed by atoms with E-state index < -0.39 is 0 Å². The van der Waals surface area contributed by atoms with E-state index in [0.717, 1.165) is 48.6 Å². The maximum Gasteiger partial charge on any atom is 0.124 e. The van der Waals surface area contributed by atoms with Gasteiger partial charge in [-0.1, -0.05) is 12.1 Å². The fraction of sp³-hybridized carbons (Fsp3) is 0.600. The molecule has 106 valence electrons. The van der Waals surface area contributed by atoms with Crippen LogP contribution in [0.1, 0.15) is 22.7 Å². The van der Waals surface area contributed by atoms with Gasteiger partial charge in [0.2, 0.25) is 0 Å². The molecule has 0 amide bonds. The Balaban J connectivity index is 2.27. The van der Waals surface area contributed by atoms with Gasteiger partial charge in [-0.25, -0.2) is 4.39 Å². The zero-order valence-electron chi connectivity index (χ0n) is 12.0. The molecule has 0 aliphatic carbocycles. The fourth-order valence-electron chi connectivity index (χ4n) is 2.89. The first-order valence-corrected chi connectivity index (χ1v) is 6.83. The Bertz CT molecular complexity index is 407. The largest absolute Gasteiger partial charge is 0.496 e. The van der Waals surface area contributed by atoms with E-state index in [1.165, 1.54) is 0 Å². The summed E-state index contributed by atoms with van der Waals surface area (Å²) in [6.45, 7) is 7.36. The first-order valence-electron chi connectivity index (χ1n) is 6.83. The monoisotopic (exact) mass is 266 g/mol. The van der Waals surface area contributed by atoms with Gasteiger partial charge in [0.1, 0.15) is 12.4 Å². The molecule has 0 radical (unpaired) electrons. The van der Waals surface area contributed by atoms with E-state index in [1.807, 2.05) is 13.8 Å². The molecule has 1 aromatic carbocycles. The maximum absolute atomic E-state index is 13.5. The minimum atomic E-state index is -0.342. The number of hydrogen-bond donors (Lipinski definition) is 1. The summed E-state index contributed by atoms with van der Waals surface area (Å²) in [4.78, 5) is 2.22. The summed E-state index contributed by atoms with van der Waals surface area (Å²) in [7, 11) is 1.68. The molecule has 0 unspecified atom stereocenters. The Hall–Kier alpha value is -1.13. The Morgan fingerprint density at radius 2 is 1.84 bits per heavy atom. The molecule has 0 spiro atoms. The number of methoxy groups -OCH3 is 1. The molecule has 1 aromatic rings. The Labute approximate surface area is 114 Å². The molecule has 3 nitrogen and oxygen atoms in total. The van der Waals surface area contributed by atoms with Crippen molar-refractivity contribution in [2.24, 2.45) is 0 Å². The average Bonchev–Trinajstić information content (AvgIpc) is 2.40. The molecule has 2 rings (SSSR count). The molecule has 1 atom stereocenters. The summed E-state index contributed by atoms with van der Waals surface area (Å²) < 4.78 is 18.9. The molecule has 0 saturated carbocycles. The third-order valence-electron chi connectivity index (χ3n) is 3.81. The number of rotatable bonds is 4. The van der Waals surface area contributed by atoms with Crippen LogP contribution in [0.5, 0.6) is 5.75 Å². The Kier molecular flexibility index (Phi) is 4.77. The predicted molar refractivity (Wildman–Crippen MR) is 75.6 cm³/mol. The van der Waals surface area contributed by atoms with Gasteiger partial charge in [-0.3, -0.25) is 4.90 Å². The second kappa shape index (κ2) is 6.35. The summed E-state index contributed by atoms with van der Waals surface area (Å²) in [6.07, 6.45) is 0. The molecule has 1 heterocycles. The highest BCUT2D eigenvalue weighted by Gasteiger charge is 2.23. The maximum atomic E-state index is 13.5. The zero-order chi connectivity index (χ0) is 13.8. The highest BCUT2D eigenvalue weighted by molar-refractivity contribution is 5.44. The number of aryl methyl sites for hydroxylation is 2.